The molecular weight excluding hydrogens is 474 g/mol. The van der Waals surface area contributed by atoms with Gasteiger partial charge in [0, 0.05) is 17.5 Å². The lowest BCUT2D eigenvalue weighted by atomic mass is 9.66. The van der Waals surface area contributed by atoms with E-state index in [1.54, 1.807) is 16.7 Å². The van der Waals surface area contributed by atoms with Crippen molar-refractivity contribution in [3.05, 3.63) is 30.3 Å². The van der Waals surface area contributed by atoms with E-state index in [0.29, 0.717) is 12.2 Å². The lowest BCUT2D eigenvalue weighted by Crippen LogP contribution is -2.59. The first-order valence-electron chi connectivity index (χ1n) is 13.6. The third-order valence-corrected chi connectivity index (χ3v) is 10.8. The first-order valence-corrected chi connectivity index (χ1v) is 14.4. The number of hydrogen-bond acceptors (Lipinski definition) is 5. The molecule has 36 heavy (non-hydrogen) atoms. The van der Waals surface area contributed by atoms with Crippen LogP contribution in [0.3, 0.4) is 0 Å². The van der Waals surface area contributed by atoms with Crippen LogP contribution in [0.5, 0.6) is 0 Å². The summed E-state index contributed by atoms with van der Waals surface area (Å²) in [5.74, 6) is -1.40. The number of nitrogens with zero attached hydrogens (tertiary/aromatic N) is 1. The molecule has 7 nitrogen and oxygen atoms in total. The van der Waals surface area contributed by atoms with Crippen LogP contribution < -0.4 is 10.6 Å². The highest BCUT2D eigenvalue weighted by Gasteiger charge is 2.76. The Morgan fingerprint density at radius 3 is 2.56 bits per heavy atom. The number of carbonyl (C=O) groups is 3. The van der Waals surface area contributed by atoms with Crippen molar-refractivity contribution in [2.75, 3.05) is 18.5 Å². The number of benzene rings is 1. The van der Waals surface area contributed by atoms with Crippen molar-refractivity contribution in [1.82, 2.24) is 10.2 Å². The van der Waals surface area contributed by atoms with Crippen molar-refractivity contribution in [1.29, 1.82) is 0 Å². The molecule has 3 heterocycles. The van der Waals surface area contributed by atoms with E-state index in [9.17, 15) is 19.5 Å². The standard InChI is InChI=1S/C28H41N3O4S/c1-5-7-11-14-29-26(34)24-28-18(4)15-21(36-28)22(25(33)30-19-12-9-8-10-13-19)23(28)27(35)31(24)20(16-32)17(3)6-2/h8-10,12-13,17-18,20-24,32H,5-7,11,14-16H2,1-4H3,(H,29,34)(H,30,33)/t17-,18?,20-,21-,22+,23-,24?,28?/m0/s1. The highest BCUT2D eigenvalue weighted by atomic mass is 32.2. The Hall–Kier alpha value is -2.06. The normalized spacial score (nSPS) is 32.3. The summed E-state index contributed by atoms with van der Waals surface area (Å²) in [6.45, 7) is 8.66. The number of amides is 3. The van der Waals surface area contributed by atoms with Crippen LogP contribution in [0.25, 0.3) is 0 Å². The number of carbonyl (C=O) groups excluding carboxylic acids is 3. The molecule has 3 aliphatic heterocycles. The van der Waals surface area contributed by atoms with Gasteiger partial charge in [0.1, 0.15) is 6.04 Å². The average Bonchev–Trinajstić information content (AvgIpc) is 3.46. The Morgan fingerprint density at radius 2 is 1.92 bits per heavy atom. The molecule has 3 saturated heterocycles. The van der Waals surface area contributed by atoms with E-state index >= 15 is 0 Å². The molecule has 0 aromatic heterocycles. The van der Waals surface area contributed by atoms with Gasteiger partial charge in [-0.15, -0.1) is 11.8 Å². The number of anilines is 1. The van der Waals surface area contributed by atoms with Crippen molar-refractivity contribution in [3.8, 4) is 0 Å². The Kier molecular flexibility index (Phi) is 8.35. The predicted molar refractivity (Wildman–Crippen MR) is 143 cm³/mol. The molecule has 198 valence electrons. The minimum atomic E-state index is -0.692. The van der Waals surface area contributed by atoms with E-state index in [1.807, 2.05) is 44.2 Å². The van der Waals surface area contributed by atoms with Gasteiger partial charge < -0.3 is 20.6 Å². The van der Waals surface area contributed by atoms with Gasteiger partial charge in [-0.3, -0.25) is 14.4 Å². The van der Waals surface area contributed by atoms with E-state index in [-0.39, 0.29) is 41.4 Å². The molecule has 0 aliphatic carbocycles. The number of nitrogens with one attached hydrogen (secondary N) is 2. The molecule has 3 N–H and O–H groups in total. The second-order valence-corrected chi connectivity index (χ2v) is 12.3. The number of rotatable bonds is 11. The largest absolute Gasteiger partial charge is 0.394 e. The van der Waals surface area contributed by atoms with Crippen LogP contribution in [0.15, 0.2) is 30.3 Å². The summed E-state index contributed by atoms with van der Waals surface area (Å²) in [5, 5.41) is 16.5. The Balaban J connectivity index is 1.71. The zero-order chi connectivity index (χ0) is 26.0. The van der Waals surface area contributed by atoms with Crippen molar-refractivity contribution in [2.45, 2.75) is 81.9 Å². The lowest BCUT2D eigenvalue weighted by molar-refractivity contribution is -0.143. The van der Waals surface area contributed by atoms with E-state index in [4.69, 9.17) is 0 Å². The number of para-hydroxylation sites is 1. The van der Waals surface area contributed by atoms with E-state index in [2.05, 4.69) is 24.5 Å². The SMILES string of the molecule is CCCCCNC(=O)C1N([C@@H](CO)[C@@H](C)CC)C(=O)[C@@H]2[C@H](C(=O)Nc3ccccc3)[C@@H]3CC(C)C12S3. The monoisotopic (exact) mass is 515 g/mol. The number of aliphatic hydroxyl groups excluding tert-OH is 1. The quantitative estimate of drug-likeness (QED) is 0.391. The fourth-order valence-electron chi connectivity index (χ4n) is 6.66. The first kappa shape index (κ1) is 27.0. The van der Waals surface area contributed by atoms with Gasteiger partial charge in [-0.2, -0.15) is 0 Å². The van der Waals surface area contributed by atoms with Gasteiger partial charge >= 0.3 is 0 Å². The van der Waals surface area contributed by atoms with Crippen molar-refractivity contribution < 1.29 is 19.5 Å². The maximum atomic E-state index is 14.2. The second-order valence-electron chi connectivity index (χ2n) is 10.8. The average molecular weight is 516 g/mol. The van der Waals surface area contributed by atoms with Crippen LogP contribution in [-0.2, 0) is 14.4 Å². The summed E-state index contributed by atoms with van der Waals surface area (Å²) in [4.78, 5) is 43.4. The van der Waals surface area contributed by atoms with E-state index in [0.717, 1.165) is 32.1 Å². The minimum absolute atomic E-state index is 0.00798. The van der Waals surface area contributed by atoms with Crippen LogP contribution >= 0.6 is 11.8 Å². The minimum Gasteiger partial charge on any atom is -0.394 e. The molecule has 0 radical (unpaired) electrons. The van der Waals surface area contributed by atoms with E-state index in [1.165, 1.54) is 0 Å². The maximum Gasteiger partial charge on any atom is 0.244 e. The molecule has 3 unspecified atom stereocenters. The fourth-order valence-corrected chi connectivity index (χ4v) is 9.07. The molecule has 2 bridgehead atoms. The van der Waals surface area contributed by atoms with Crippen molar-refractivity contribution >= 4 is 35.2 Å². The van der Waals surface area contributed by atoms with Crippen LogP contribution in [0.1, 0.15) is 59.8 Å². The number of hydrogen-bond donors (Lipinski definition) is 3. The molecule has 3 amide bonds. The molecular formula is C28H41N3O4S. The van der Waals surface area contributed by atoms with Crippen LogP contribution in [-0.4, -0.2) is 63.0 Å². The molecule has 3 aliphatic rings. The molecule has 0 saturated carbocycles. The summed E-state index contributed by atoms with van der Waals surface area (Å²) in [5.41, 5.74) is 0.706. The number of aliphatic hydroxyl groups is 1. The van der Waals surface area contributed by atoms with Gasteiger partial charge in [0.25, 0.3) is 0 Å². The number of unbranched alkanes of at least 4 members (excludes halogenated alkanes) is 2. The third-order valence-electron chi connectivity index (χ3n) is 8.70. The number of likely N-dealkylation sites (tertiary alicyclic amines) is 1. The van der Waals surface area contributed by atoms with Gasteiger partial charge in [-0.25, -0.2) is 0 Å². The van der Waals surface area contributed by atoms with E-state index < -0.39 is 28.7 Å². The van der Waals surface area contributed by atoms with Crippen molar-refractivity contribution in [2.24, 2.45) is 23.7 Å². The summed E-state index contributed by atoms with van der Waals surface area (Å²) in [6.07, 6.45) is 4.55. The first-order chi connectivity index (χ1) is 17.3. The van der Waals surface area contributed by atoms with Crippen LogP contribution in [0, 0.1) is 23.7 Å². The molecule has 1 spiro atoms. The molecule has 1 aromatic carbocycles. The van der Waals surface area contributed by atoms with Crippen LogP contribution in [0.4, 0.5) is 5.69 Å². The topological polar surface area (TPSA) is 98.7 Å². The molecule has 1 aromatic rings. The van der Waals surface area contributed by atoms with Gasteiger partial charge in [0.15, 0.2) is 0 Å². The van der Waals surface area contributed by atoms with Gasteiger partial charge in [-0.1, -0.05) is 65.2 Å². The molecule has 3 fully saturated rings. The molecule has 8 heteroatoms. The van der Waals surface area contributed by atoms with Crippen molar-refractivity contribution in [3.63, 3.8) is 0 Å². The van der Waals surface area contributed by atoms with Gasteiger partial charge in [0.2, 0.25) is 17.7 Å². The summed E-state index contributed by atoms with van der Waals surface area (Å²) in [6, 6.07) is 8.17. The van der Waals surface area contributed by atoms with Gasteiger partial charge in [0.05, 0.1) is 29.2 Å². The molecule has 4 rings (SSSR count). The smallest absolute Gasteiger partial charge is 0.244 e. The van der Waals surface area contributed by atoms with Gasteiger partial charge in [-0.05, 0) is 36.8 Å². The Labute approximate surface area is 219 Å². The van der Waals surface area contributed by atoms with Crippen LogP contribution in [0.2, 0.25) is 0 Å². The Bertz CT molecular complexity index is 959. The summed E-state index contributed by atoms with van der Waals surface area (Å²) >= 11 is 1.67. The summed E-state index contributed by atoms with van der Waals surface area (Å²) in [7, 11) is 0. The molecule has 8 atom stereocenters. The maximum absolute atomic E-state index is 14.2. The highest BCUT2D eigenvalue weighted by Crippen LogP contribution is 2.69. The predicted octanol–water partition coefficient (Wildman–Crippen LogP) is 3.68. The fraction of sp³-hybridized carbons (Fsp3) is 0.679. The second kappa shape index (κ2) is 11.1. The zero-order valence-electron chi connectivity index (χ0n) is 21.9. The highest BCUT2D eigenvalue weighted by molar-refractivity contribution is 8.02. The summed E-state index contributed by atoms with van der Waals surface area (Å²) < 4.78 is -0.670. The number of fused-ring (bicyclic) bond motifs is 1. The number of thioether (sulfide) groups is 1. The Morgan fingerprint density at radius 1 is 1.19 bits per heavy atom. The zero-order valence-corrected chi connectivity index (χ0v) is 22.7. The lowest BCUT2D eigenvalue weighted by Gasteiger charge is -2.41. The third kappa shape index (κ3) is 4.44.